The molecule has 1 rings (SSSR count). The summed E-state index contributed by atoms with van der Waals surface area (Å²) >= 11 is 0. The third kappa shape index (κ3) is 5.50. The zero-order chi connectivity index (χ0) is 11.8. The predicted molar refractivity (Wildman–Crippen MR) is 63.6 cm³/mol. The van der Waals surface area contributed by atoms with E-state index < -0.39 is 0 Å². The van der Waals surface area contributed by atoms with Crippen molar-refractivity contribution >= 4 is 5.69 Å². The molecule has 16 heavy (non-hydrogen) atoms. The minimum Gasteiger partial charge on any atom is -0.381 e. The number of H-pyrrole nitrogens is 1. The predicted octanol–water partition coefficient (Wildman–Crippen LogP) is 1.24. The van der Waals surface area contributed by atoms with Crippen LogP contribution in [0.2, 0.25) is 0 Å². The van der Waals surface area contributed by atoms with Crippen molar-refractivity contribution in [3.8, 4) is 0 Å². The van der Waals surface area contributed by atoms with Gasteiger partial charge in [-0.1, -0.05) is 13.8 Å². The fourth-order valence-electron chi connectivity index (χ4n) is 1.16. The van der Waals surface area contributed by atoms with Crippen LogP contribution in [0.5, 0.6) is 0 Å². The summed E-state index contributed by atoms with van der Waals surface area (Å²) in [4.78, 5) is 10.9. The molecule has 0 spiro atoms. The number of aromatic nitrogens is 2. The number of nitrogens with zero attached hydrogens (tertiary/aromatic N) is 1. The first-order chi connectivity index (χ1) is 7.68. The van der Waals surface area contributed by atoms with Gasteiger partial charge in [-0.05, 0) is 12.3 Å². The molecule has 0 saturated heterocycles. The van der Waals surface area contributed by atoms with Crippen LogP contribution in [0.15, 0.2) is 17.1 Å². The molecule has 0 aliphatic rings. The van der Waals surface area contributed by atoms with Gasteiger partial charge in [-0.25, -0.2) is 5.10 Å². The van der Waals surface area contributed by atoms with E-state index in [-0.39, 0.29) is 5.56 Å². The molecule has 0 aromatic carbocycles. The molecule has 1 aromatic heterocycles. The van der Waals surface area contributed by atoms with E-state index >= 15 is 0 Å². The zero-order valence-corrected chi connectivity index (χ0v) is 9.82. The molecule has 1 aromatic rings. The molecular weight excluding hydrogens is 206 g/mol. The van der Waals surface area contributed by atoms with E-state index in [9.17, 15) is 4.79 Å². The average Bonchev–Trinajstić information content (AvgIpc) is 2.23. The normalized spacial score (nSPS) is 10.7. The molecule has 5 heteroatoms. The molecule has 0 fully saturated rings. The van der Waals surface area contributed by atoms with Gasteiger partial charge in [0.2, 0.25) is 0 Å². The second kappa shape index (κ2) is 7.00. The maximum atomic E-state index is 10.9. The fraction of sp³-hybridized carbons (Fsp3) is 0.636. The molecule has 0 radical (unpaired) electrons. The summed E-state index contributed by atoms with van der Waals surface area (Å²) in [5.41, 5.74) is 0.516. The van der Waals surface area contributed by atoms with Crippen molar-refractivity contribution in [2.75, 3.05) is 25.1 Å². The monoisotopic (exact) mass is 225 g/mol. The van der Waals surface area contributed by atoms with Gasteiger partial charge in [0.1, 0.15) is 0 Å². The molecule has 0 unspecified atom stereocenters. The molecule has 0 amide bonds. The number of hydrogen-bond acceptors (Lipinski definition) is 4. The lowest BCUT2D eigenvalue weighted by Gasteiger charge is -2.07. The van der Waals surface area contributed by atoms with Crippen LogP contribution >= 0.6 is 0 Å². The summed E-state index contributed by atoms with van der Waals surface area (Å²) in [6.07, 6.45) is 2.65. The first kappa shape index (κ1) is 12.7. The third-order valence-electron chi connectivity index (χ3n) is 2.08. The molecule has 0 atom stereocenters. The second-order valence-corrected chi connectivity index (χ2v) is 4.06. The molecular formula is C11H19N3O2. The van der Waals surface area contributed by atoms with Crippen LogP contribution in [-0.2, 0) is 4.74 Å². The smallest absolute Gasteiger partial charge is 0.266 e. The molecule has 90 valence electrons. The minimum atomic E-state index is -0.203. The van der Waals surface area contributed by atoms with E-state index in [2.05, 4.69) is 29.4 Å². The van der Waals surface area contributed by atoms with Crippen LogP contribution < -0.4 is 10.9 Å². The van der Waals surface area contributed by atoms with Gasteiger partial charge in [-0.2, -0.15) is 5.10 Å². The highest BCUT2D eigenvalue weighted by molar-refractivity contribution is 5.38. The van der Waals surface area contributed by atoms with Gasteiger partial charge in [0.05, 0.1) is 18.5 Å². The Hall–Kier alpha value is -1.36. The Labute approximate surface area is 95.2 Å². The number of hydrogen-bond donors (Lipinski definition) is 2. The van der Waals surface area contributed by atoms with Crippen molar-refractivity contribution in [1.29, 1.82) is 0 Å². The Morgan fingerprint density at radius 1 is 1.50 bits per heavy atom. The van der Waals surface area contributed by atoms with Gasteiger partial charge in [-0.15, -0.1) is 0 Å². The highest BCUT2D eigenvalue weighted by atomic mass is 16.5. The van der Waals surface area contributed by atoms with Crippen LogP contribution in [0, 0.1) is 5.92 Å². The zero-order valence-electron chi connectivity index (χ0n) is 9.82. The second-order valence-electron chi connectivity index (χ2n) is 4.06. The molecule has 0 aliphatic heterocycles. The first-order valence-corrected chi connectivity index (χ1v) is 5.55. The van der Waals surface area contributed by atoms with Gasteiger partial charge in [0, 0.05) is 19.2 Å². The summed E-state index contributed by atoms with van der Waals surface area (Å²) < 4.78 is 5.43. The van der Waals surface area contributed by atoms with Crippen molar-refractivity contribution in [3.05, 3.63) is 22.6 Å². The van der Waals surface area contributed by atoms with E-state index in [0.717, 1.165) is 18.7 Å². The Balaban J connectivity index is 2.09. The Kier molecular flexibility index (Phi) is 5.56. The number of rotatable bonds is 7. The van der Waals surface area contributed by atoms with Gasteiger partial charge in [0.25, 0.3) is 5.56 Å². The molecule has 2 N–H and O–H groups in total. The SMILES string of the molecule is CC(C)CCOCCNc1cn[nH]c(=O)c1. The molecule has 5 nitrogen and oxygen atoms in total. The van der Waals surface area contributed by atoms with Crippen LogP contribution in [-0.4, -0.2) is 30.0 Å². The quantitative estimate of drug-likeness (QED) is 0.685. The van der Waals surface area contributed by atoms with Crippen LogP contribution in [0.4, 0.5) is 5.69 Å². The summed E-state index contributed by atoms with van der Waals surface area (Å²) in [5, 5.41) is 9.07. The fourth-order valence-corrected chi connectivity index (χ4v) is 1.16. The van der Waals surface area contributed by atoms with Crippen molar-refractivity contribution < 1.29 is 4.74 Å². The molecule has 0 aliphatic carbocycles. The van der Waals surface area contributed by atoms with E-state index in [4.69, 9.17) is 4.74 Å². The molecule has 0 saturated carbocycles. The Bertz CT molecular complexity index is 349. The summed E-state index contributed by atoms with van der Waals surface area (Å²) in [6.45, 7) is 6.45. The van der Waals surface area contributed by atoms with Gasteiger partial charge >= 0.3 is 0 Å². The maximum absolute atomic E-state index is 10.9. The Morgan fingerprint density at radius 3 is 3.00 bits per heavy atom. The molecule has 1 heterocycles. The van der Waals surface area contributed by atoms with Gasteiger partial charge in [-0.3, -0.25) is 4.79 Å². The standard InChI is InChI=1S/C11H19N3O2/c1-9(2)3-5-16-6-4-12-10-7-11(15)14-13-8-10/h7-9H,3-6H2,1-2H3,(H2,12,14,15). The summed E-state index contributed by atoms with van der Waals surface area (Å²) in [6, 6.07) is 1.47. The topological polar surface area (TPSA) is 67.0 Å². The number of anilines is 1. The lowest BCUT2D eigenvalue weighted by Crippen LogP contribution is -2.13. The van der Waals surface area contributed by atoms with Crippen LogP contribution in [0.3, 0.4) is 0 Å². The Morgan fingerprint density at radius 2 is 2.31 bits per heavy atom. The van der Waals surface area contributed by atoms with Gasteiger partial charge < -0.3 is 10.1 Å². The summed E-state index contributed by atoms with van der Waals surface area (Å²) in [7, 11) is 0. The van der Waals surface area contributed by atoms with E-state index in [1.54, 1.807) is 6.20 Å². The largest absolute Gasteiger partial charge is 0.381 e. The minimum absolute atomic E-state index is 0.203. The number of nitrogens with one attached hydrogen (secondary N) is 2. The third-order valence-corrected chi connectivity index (χ3v) is 2.08. The van der Waals surface area contributed by atoms with E-state index in [1.165, 1.54) is 6.07 Å². The highest BCUT2D eigenvalue weighted by Gasteiger charge is 1.95. The number of aromatic amines is 1. The first-order valence-electron chi connectivity index (χ1n) is 5.55. The maximum Gasteiger partial charge on any atom is 0.266 e. The van der Waals surface area contributed by atoms with E-state index in [1.807, 2.05) is 0 Å². The highest BCUT2D eigenvalue weighted by Crippen LogP contribution is 1.99. The summed E-state index contributed by atoms with van der Waals surface area (Å²) in [5.74, 6) is 0.671. The van der Waals surface area contributed by atoms with Gasteiger partial charge in [0.15, 0.2) is 0 Å². The van der Waals surface area contributed by atoms with Crippen LogP contribution in [0.25, 0.3) is 0 Å². The van der Waals surface area contributed by atoms with Crippen molar-refractivity contribution in [3.63, 3.8) is 0 Å². The average molecular weight is 225 g/mol. The van der Waals surface area contributed by atoms with Crippen molar-refractivity contribution in [2.45, 2.75) is 20.3 Å². The van der Waals surface area contributed by atoms with E-state index in [0.29, 0.717) is 19.1 Å². The number of ether oxygens (including phenoxy) is 1. The van der Waals surface area contributed by atoms with Crippen LogP contribution in [0.1, 0.15) is 20.3 Å². The lowest BCUT2D eigenvalue weighted by molar-refractivity contribution is 0.132. The lowest BCUT2D eigenvalue weighted by atomic mass is 10.1. The molecule has 0 bridgehead atoms. The van der Waals surface area contributed by atoms with Crippen molar-refractivity contribution in [2.24, 2.45) is 5.92 Å². The van der Waals surface area contributed by atoms with Crippen molar-refractivity contribution in [1.82, 2.24) is 10.2 Å².